The van der Waals surface area contributed by atoms with Gasteiger partial charge in [-0.05, 0) is 50.8 Å². The van der Waals surface area contributed by atoms with E-state index in [1.54, 1.807) is 0 Å². The summed E-state index contributed by atoms with van der Waals surface area (Å²) in [6.07, 6.45) is 4.23. The van der Waals surface area contributed by atoms with Crippen LogP contribution >= 0.6 is 43.2 Å². The molecule has 18 heavy (non-hydrogen) atoms. The zero-order valence-electron chi connectivity index (χ0n) is 9.79. The molecule has 1 heterocycles. The fourth-order valence-corrected chi connectivity index (χ4v) is 4.25. The van der Waals surface area contributed by atoms with Crippen molar-refractivity contribution in [3.8, 4) is 0 Å². The number of hydrogen-bond acceptors (Lipinski definition) is 3. The summed E-state index contributed by atoms with van der Waals surface area (Å²) in [6, 6.07) is 1.93. The molecule has 0 saturated heterocycles. The Labute approximate surface area is 127 Å². The van der Waals surface area contributed by atoms with Gasteiger partial charge in [-0.15, -0.1) is 11.3 Å². The van der Waals surface area contributed by atoms with Gasteiger partial charge in [-0.2, -0.15) is 0 Å². The van der Waals surface area contributed by atoms with E-state index in [2.05, 4.69) is 37.2 Å². The van der Waals surface area contributed by atoms with Gasteiger partial charge in [-0.25, -0.2) is 0 Å². The van der Waals surface area contributed by atoms with Crippen LogP contribution in [-0.4, -0.2) is 23.7 Å². The molecule has 100 valence electrons. The van der Waals surface area contributed by atoms with Crippen molar-refractivity contribution in [2.75, 3.05) is 6.61 Å². The summed E-state index contributed by atoms with van der Waals surface area (Å²) < 4.78 is 1.83. The molecule has 2 N–H and O–H groups in total. The molecule has 1 fully saturated rings. The van der Waals surface area contributed by atoms with E-state index < -0.39 is 0 Å². The fourth-order valence-electron chi connectivity index (χ4n) is 2.31. The number of aliphatic hydroxyl groups is 1. The average molecular weight is 397 g/mol. The summed E-state index contributed by atoms with van der Waals surface area (Å²) in [4.78, 5) is 12.8. The summed E-state index contributed by atoms with van der Waals surface area (Å²) in [6.45, 7) is 0.156. The van der Waals surface area contributed by atoms with Gasteiger partial charge in [0.25, 0.3) is 5.91 Å². The predicted molar refractivity (Wildman–Crippen MR) is 80.0 cm³/mol. The van der Waals surface area contributed by atoms with E-state index in [4.69, 9.17) is 0 Å². The van der Waals surface area contributed by atoms with Crippen LogP contribution in [0.15, 0.2) is 14.3 Å². The lowest BCUT2D eigenvalue weighted by Crippen LogP contribution is -2.43. The standard InChI is InChI=1S/C12H15Br2NO2S/c13-8-5-10(18-11(8)14)12(17)15-9-4-2-1-3-7(9)6-16/h5,7,9,16H,1-4,6H2,(H,15,17). The van der Waals surface area contributed by atoms with Gasteiger partial charge in [0, 0.05) is 23.0 Å². The lowest BCUT2D eigenvalue weighted by molar-refractivity contribution is 0.0876. The van der Waals surface area contributed by atoms with Crippen LogP contribution in [-0.2, 0) is 0 Å². The Morgan fingerprint density at radius 1 is 1.44 bits per heavy atom. The third kappa shape index (κ3) is 3.35. The van der Waals surface area contributed by atoms with Gasteiger partial charge in [0.1, 0.15) is 0 Å². The zero-order valence-corrected chi connectivity index (χ0v) is 13.8. The number of nitrogens with one attached hydrogen (secondary N) is 1. The van der Waals surface area contributed by atoms with Crippen LogP contribution in [0.4, 0.5) is 0 Å². The van der Waals surface area contributed by atoms with Crippen LogP contribution in [0.3, 0.4) is 0 Å². The molecule has 3 nitrogen and oxygen atoms in total. The van der Waals surface area contributed by atoms with E-state index in [0.29, 0.717) is 4.88 Å². The summed E-state index contributed by atoms with van der Waals surface area (Å²) in [5.41, 5.74) is 0. The number of carbonyl (C=O) groups excluding carboxylic acids is 1. The smallest absolute Gasteiger partial charge is 0.261 e. The second-order valence-electron chi connectivity index (χ2n) is 4.54. The molecule has 1 amide bonds. The van der Waals surface area contributed by atoms with Crippen molar-refractivity contribution in [3.63, 3.8) is 0 Å². The molecule has 1 aliphatic carbocycles. The third-order valence-electron chi connectivity index (χ3n) is 3.33. The second kappa shape index (κ2) is 6.50. The zero-order chi connectivity index (χ0) is 13.1. The third-order valence-corrected chi connectivity index (χ3v) is 6.58. The van der Waals surface area contributed by atoms with E-state index in [0.717, 1.165) is 33.9 Å². The minimum absolute atomic E-state index is 0.0447. The van der Waals surface area contributed by atoms with Gasteiger partial charge in [0.2, 0.25) is 0 Å². The highest BCUT2D eigenvalue weighted by Crippen LogP contribution is 2.32. The summed E-state index contributed by atoms with van der Waals surface area (Å²) >= 11 is 8.18. The van der Waals surface area contributed by atoms with Crippen LogP contribution in [0.25, 0.3) is 0 Å². The van der Waals surface area contributed by atoms with Crippen LogP contribution in [0.1, 0.15) is 35.4 Å². The molecule has 0 aromatic carbocycles. The number of halogens is 2. The Morgan fingerprint density at radius 3 is 2.78 bits per heavy atom. The predicted octanol–water partition coefficient (Wildman–Crippen LogP) is 3.55. The highest BCUT2D eigenvalue weighted by Gasteiger charge is 2.26. The highest BCUT2D eigenvalue weighted by atomic mass is 79.9. The van der Waals surface area contributed by atoms with Crippen molar-refractivity contribution < 1.29 is 9.90 Å². The summed E-state index contributed by atoms with van der Waals surface area (Å²) in [5.74, 6) is 0.159. The molecule has 2 atom stereocenters. The van der Waals surface area contributed by atoms with Gasteiger partial charge in [-0.1, -0.05) is 12.8 Å². The quantitative estimate of drug-likeness (QED) is 0.820. The first kappa shape index (κ1) is 14.5. The van der Waals surface area contributed by atoms with Crippen molar-refractivity contribution >= 4 is 49.1 Å². The number of amides is 1. The van der Waals surface area contributed by atoms with E-state index in [1.807, 2.05) is 6.07 Å². The molecular formula is C12H15Br2NO2S. The van der Waals surface area contributed by atoms with Gasteiger partial charge >= 0.3 is 0 Å². The molecule has 0 bridgehead atoms. The SMILES string of the molecule is O=C(NC1CCCCC1CO)c1cc(Br)c(Br)s1. The van der Waals surface area contributed by atoms with Gasteiger partial charge in [0.05, 0.1) is 8.66 Å². The minimum atomic E-state index is -0.0447. The maximum atomic E-state index is 12.1. The Balaban J connectivity index is 2.01. The van der Waals surface area contributed by atoms with Gasteiger partial charge < -0.3 is 10.4 Å². The minimum Gasteiger partial charge on any atom is -0.396 e. The van der Waals surface area contributed by atoms with E-state index in [9.17, 15) is 9.90 Å². The lowest BCUT2D eigenvalue weighted by Gasteiger charge is -2.30. The number of hydrogen-bond donors (Lipinski definition) is 2. The second-order valence-corrected chi connectivity index (χ2v) is 7.76. The molecule has 1 aliphatic rings. The van der Waals surface area contributed by atoms with Crippen molar-refractivity contribution in [2.45, 2.75) is 31.7 Å². The largest absolute Gasteiger partial charge is 0.396 e. The van der Waals surface area contributed by atoms with Gasteiger partial charge in [-0.3, -0.25) is 4.79 Å². The molecule has 0 radical (unpaired) electrons. The topological polar surface area (TPSA) is 49.3 Å². The molecule has 1 saturated carbocycles. The Kier molecular flexibility index (Phi) is 5.24. The van der Waals surface area contributed by atoms with Gasteiger partial charge in [0.15, 0.2) is 0 Å². The molecule has 2 rings (SSSR count). The monoisotopic (exact) mass is 395 g/mol. The van der Waals surface area contributed by atoms with E-state index >= 15 is 0 Å². The van der Waals surface area contributed by atoms with Crippen molar-refractivity contribution in [1.29, 1.82) is 0 Å². The fraction of sp³-hybridized carbons (Fsp3) is 0.583. The van der Waals surface area contributed by atoms with Crippen LogP contribution < -0.4 is 5.32 Å². The van der Waals surface area contributed by atoms with E-state index in [1.165, 1.54) is 11.3 Å². The lowest BCUT2D eigenvalue weighted by atomic mass is 9.85. The first-order chi connectivity index (χ1) is 8.61. The molecule has 2 unspecified atom stereocenters. The van der Waals surface area contributed by atoms with Crippen molar-refractivity contribution in [2.24, 2.45) is 5.92 Å². The number of aliphatic hydroxyl groups excluding tert-OH is 1. The maximum Gasteiger partial charge on any atom is 0.261 e. The first-order valence-corrected chi connectivity index (χ1v) is 8.38. The number of carbonyl (C=O) groups is 1. The van der Waals surface area contributed by atoms with Crippen LogP contribution in [0.2, 0.25) is 0 Å². The average Bonchev–Trinajstić information content (AvgIpc) is 2.70. The molecule has 1 aromatic rings. The molecule has 0 aliphatic heterocycles. The normalized spacial score (nSPS) is 23.9. The number of thiophene rings is 1. The molecule has 0 spiro atoms. The summed E-state index contributed by atoms with van der Waals surface area (Å²) in [5, 5.41) is 12.4. The molecule has 6 heteroatoms. The number of rotatable bonds is 3. The molecular weight excluding hydrogens is 382 g/mol. The first-order valence-electron chi connectivity index (χ1n) is 5.98. The van der Waals surface area contributed by atoms with Crippen LogP contribution in [0, 0.1) is 5.92 Å². The Morgan fingerprint density at radius 2 is 2.17 bits per heavy atom. The van der Waals surface area contributed by atoms with E-state index in [-0.39, 0.29) is 24.5 Å². The van der Waals surface area contributed by atoms with Crippen molar-refractivity contribution in [1.82, 2.24) is 5.32 Å². The highest BCUT2D eigenvalue weighted by molar-refractivity contribution is 9.13. The Hall–Kier alpha value is 0.0900. The van der Waals surface area contributed by atoms with Crippen LogP contribution in [0.5, 0.6) is 0 Å². The summed E-state index contributed by atoms with van der Waals surface area (Å²) in [7, 11) is 0. The maximum absolute atomic E-state index is 12.1. The van der Waals surface area contributed by atoms with Crippen molar-refractivity contribution in [3.05, 3.63) is 19.2 Å². The molecule has 1 aromatic heterocycles. The Bertz CT molecular complexity index is 416.